The first-order chi connectivity index (χ1) is 14.3. The monoisotopic (exact) mass is 425 g/mol. The predicted molar refractivity (Wildman–Crippen MR) is 125 cm³/mol. The summed E-state index contributed by atoms with van der Waals surface area (Å²) in [5.41, 5.74) is 3.26. The van der Waals surface area contributed by atoms with E-state index in [0.29, 0.717) is 0 Å². The van der Waals surface area contributed by atoms with E-state index in [1.807, 2.05) is 17.6 Å². The molecule has 1 aliphatic rings. The highest BCUT2D eigenvalue weighted by atomic mass is 32.1. The van der Waals surface area contributed by atoms with E-state index >= 15 is 0 Å². The third-order valence-electron chi connectivity index (χ3n) is 6.21. The lowest BCUT2D eigenvalue weighted by molar-refractivity contribution is 0.215. The molecule has 0 N–H and O–H groups in total. The molecule has 6 heteroatoms. The van der Waals surface area contributed by atoms with Crippen molar-refractivity contribution in [2.45, 2.75) is 52.5 Å². The molecular weight excluding hydrogens is 394 g/mol. The third-order valence-corrected chi connectivity index (χ3v) is 7.21. The van der Waals surface area contributed by atoms with Crippen LogP contribution in [0.1, 0.15) is 54.9 Å². The van der Waals surface area contributed by atoms with Crippen LogP contribution in [0.15, 0.2) is 23.0 Å². The number of aromatic nitrogens is 2. The maximum atomic E-state index is 13.9. The van der Waals surface area contributed by atoms with E-state index in [1.54, 1.807) is 18.4 Å². The Labute approximate surface area is 182 Å². The van der Waals surface area contributed by atoms with Crippen LogP contribution >= 0.6 is 11.3 Å². The van der Waals surface area contributed by atoms with E-state index in [0.717, 1.165) is 69.3 Å². The number of rotatable bonds is 4. The number of thiophene rings is 1. The van der Waals surface area contributed by atoms with Gasteiger partial charge in [0.25, 0.3) is 5.56 Å². The standard InChI is InChI=1S/C24H31N3O2S/c1-14(2)22-25-23-21(24(28)27(22)18-9-11-26(5)12-10-18)20(16(4)30-23)17-7-8-19(29-6)15(3)13-17/h7-8,13-14,18H,9-12H2,1-6H3. The quantitative estimate of drug-likeness (QED) is 0.581. The van der Waals surface area contributed by atoms with Crippen molar-refractivity contribution in [2.75, 3.05) is 27.2 Å². The molecule has 1 aromatic carbocycles. The minimum atomic E-state index is 0.117. The Morgan fingerprint density at radius 2 is 1.90 bits per heavy atom. The molecule has 0 radical (unpaired) electrons. The summed E-state index contributed by atoms with van der Waals surface area (Å²) in [4.78, 5) is 23.3. The molecule has 1 fully saturated rings. The highest BCUT2D eigenvalue weighted by molar-refractivity contribution is 7.19. The molecule has 160 valence electrons. The Morgan fingerprint density at radius 3 is 2.50 bits per heavy atom. The zero-order valence-corrected chi connectivity index (χ0v) is 19.6. The number of fused-ring (bicyclic) bond motifs is 1. The Hall–Kier alpha value is -2.18. The van der Waals surface area contributed by atoms with Crippen molar-refractivity contribution in [3.63, 3.8) is 0 Å². The lowest BCUT2D eigenvalue weighted by Gasteiger charge is -2.32. The van der Waals surface area contributed by atoms with E-state index in [4.69, 9.17) is 9.72 Å². The van der Waals surface area contributed by atoms with E-state index < -0.39 is 0 Å². The van der Waals surface area contributed by atoms with Crippen LogP contribution in [0, 0.1) is 13.8 Å². The fourth-order valence-corrected chi connectivity index (χ4v) is 5.63. The predicted octanol–water partition coefficient (Wildman–Crippen LogP) is 5.14. The summed E-state index contributed by atoms with van der Waals surface area (Å²) in [6.07, 6.45) is 1.98. The van der Waals surface area contributed by atoms with Crippen molar-refractivity contribution in [3.05, 3.63) is 44.8 Å². The van der Waals surface area contributed by atoms with Gasteiger partial charge >= 0.3 is 0 Å². The van der Waals surface area contributed by atoms with Gasteiger partial charge in [-0.1, -0.05) is 19.9 Å². The van der Waals surface area contributed by atoms with Gasteiger partial charge in [0.2, 0.25) is 0 Å². The Bertz CT molecular complexity index is 1140. The van der Waals surface area contributed by atoms with Gasteiger partial charge in [0, 0.05) is 22.4 Å². The molecule has 0 saturated carbocycles. The number of methoxy groups -OCH3 is 1. The van der Waals surface area contributed by atoms with Crippen molar-refractivity contribution < 1.29 is 4.74 Å². The summed E-state index contributed by atoms with van der Waals surface area (Å²) < 4.78 is 7.45. The zero-order valence-electron chi connectivity index (χ0n) is 18.8. The second-order valence-corrected chi connectivity index (χ2v) is 9.94. The number of hydrogen-bond acceptors (Lipinski definition) is 5. The lowest BCUT2D eigenvalue weighted by atomic mass is 10.00. The highest BCUT2D eigenvalue weighted by Gasteiger charge is 2.27. The normalized spacial score (nSPS) is 16.0. The second-order valence-electron chi connectivity index (χ2n) is 8.73. The molecule has 1 aliphatic heterocycles. The zero-order chi connectivity index (χ0) is 21.6. The molecule has 5 nitrogen and oxygen atoms in total. The molecule has 3 aromatic rings. The summed E-state index contributed by atoms with van der Waals surface area (Å²) in [6.45, 7) is 10.4. The molecule has 0 amide bonds. The van der Waals surface area contributed by atoms with E-state index in [9.17, 15) is 4.79 Å². The lowest BCUT2D eigenvalue weighted by Crippen LogP contribution is -2.37. The minimum absolute atomic E-state index is 0.117. The summed E-state index contributed by atoms with van der Waals surface area (Å²) in [6, 6.07) is 6.37. The van der Waals surface area contributed by atoms with Crippen LogP contribution < -0.4 is 10.3 Å². The molecule has 4 rings (SSSR count). The van der Waals surface area contributed by atoms with Crippen molar-refractivity contribution in [2.24, 2.45) is 0 Å². The number of ether oxygens (including phenoxy) is 1. The van der Waals surface area contributed by atoms with Crippen molar-refractivity contribution >= 4 is 21.6 Å². The van der Waals surface area contributed by atoms with Gasteiger partial charge in [-0.25, -0.2) is 4.98 Å². The summed E-state index contributed by atoms with van der Waals surface area (Å²) in [7, 11) is 3.83. The maximum absolute atomic E-state index is 13.9. The van der Waals surface area contributed by atoms with E-state index in [2.05, 4.69) is 44.9 Å². The van der Waals surface area contributed by atoms with Gasteiger partial charge in [0.1, 0.15) is 16.4 Å². The smallest absolute Gasteiger partial charge is 0.263 e. The van der Waals surface area contributed by atoms with Crippen LogP contribution in [0.4, 0.5) is 0 Å². The van der Waals surface area contributed by atoms with Gasteiger partial charge in [0.05, 0.1) is 12.5 Å². The molecule has 1 saturated heterocycles. The van der Waals surface area contributed by atoms with E-state index in [1.165, 1.54) is 0 Å². The van der Waals surface area contributed by atoms with Gasteiger partial charge in [0.15, 0.2) is 0 Å². The molecule has 0 unspecified atom stereocenters. The molecule has 0 atom stereocenters. The van der Waals surface area contributed by atoms with Crippen LogP contribution in [-0.2, 0) is 0 Å². The SMILES string of the molecule is COc1ccc(-c2c(C)sc3nc(C(C)C)n(C4CCN(C)CC4)c(=O)c23)cc1C. The molecule has 3 heterocycles. The van der Waals surface area contributed by atoms with Crippen molar-refractivity contribution in [1.29, 1.82) is 0 Å². The average molecular weight is 426 g/mol. The van der Waals surface area contributed by atoms with Crippen molar-refractivity contribution in [1.82, 2.24) is 14.5 Å². The molecule has 0 spiro atoms. The first-order valence-corrected chi connectivity index (χ1v) is 11.5. The molecule has 0 bridgehead atoms. The first kappa shape index (κ1) is 21.1. The number of benzene rings is 1. The summed E-state index contributed by atoms with van der Waals surface area (Å²) in [5.74, 6) is 1.98. The van der Waals surface area contributed by atoms with E-state index in [-0.39, 0.29) is 17.5 Å². The van der Waals surface area contributed by atoms with Crippen molar-refractivity contribution in [3.8, 4) is 16.9 Å². The fourth-order valence-electron chi connectivity index (χ4n) is 4.58. The molecule has 0 aliphatic carbocycles. The average Bonchev–Trinajstić information content (AvgIpc) is 3.05. The Balaban J connectivity index is 1.96. The number of hydrogen-bond donors (Lipinski definition) is 0. The Morgan fingerprint density at radius 1 is 1.20 bits per heavy atom. The summed E-state index contributed by atoms with van der Waals surface area (Å²) >= 11 is 1.63. The number of likely N-dealkylation sites (tertiary alicyclic amines) is 1. The van der Waals surface area contributed by atoms with Gasteiger partial charge in [-0.3, -0.25) is 9.36 Å². The van der Waals surface area contributed by atoms with Crippen LogP contribution in [0.2, 0.25) is 0 Å². The topological polar surface area (TPSA) is 47.4 Å². The molecular formula is C24H31N3O2S. The largest absolute Gasteiger partial charge is 0.496 e. The van der Waals surface area contributed by atoms with Crippen LogP contribution in [-0.4, -0.2) is 41.7 Å². The number of nitrogens with zero attached hydrogens (tertiary/aromatic N) is 3. The Kier molecular flexibility index (Phi) is 5.73. The number of aryl methyl sites for hydroxylation is 2. The van der Waals surface area contributed by atoms with Gasteiger partial charge in [-0.2, -0.15) is 0 Å². The van der Waals surface area contributed by atoms with Gasteiger partial charge < -0.3 is 9.64 Å². The van der Waals surface area contributed by atoms with Gasteiger partial charge in [-0.05, 0) is 70.1 Å². The van der Waals surface area contributed by atoms with Crippen LogP contribution in [0.25, 0.3) is 21.3 Å². The molecule has 30 heavy (non-hydrogen) atoms. The fraction of sp³-hybridized carbons (Fsp3) is 0.500. The highest BCUT2D eigenvalue weighted by Crippen LogP contribution is 2.38. The molecule has 2 aromatic heterocycles. The minimum Gasteiger partial charge on any atom is -0.496 e. The third kappa shape index (κ3) is 3.56. The maximum Gasteiger partial charge on any atom is 0.263 e. The van der Waals surface area contributed by atoms with Crippen LogP contribution in [0.5, 0.6) is 5.75 Å². The van der Waals surface area contributed by atoms with Crippen LogP contribution in [0.3, 0.4) is 0 Å². The van der Waals surface area contributed by atoms with Gasteiger partial charge in [-0.15, -0.1) is 11.3 Å². The summed E-state index contributed by atoms with van der Waals surface area (Å²) in [5, 5.41) is 0.769. The second kappa shape index (κ2) is 8.16. The number of piperidine rings is 1. The first-order valence-electron chi connectivity index (χ1n) is 10.7.